The normalized spacial score (nSPS) is 13.6. The Morgan fingerprint density at radius 1 is 1.33 bits per heavy atom. The monoisotopic (exact) mass is 294 g/mol. The van der Waals surface area contributed by atoms with Crippen molar-refractivity contribution in [3.8, 4) is 5.88 Å². The molecule has 1 aromatic heterocycles. The second kappa shape index (κ2) is 7.98. The van der Waals surface area contributed by atoms with Crippen molar-refractivity contribution in [2.24, 2.45) is 0 Å². The van der Waals surface area contributed by atoms with Crippen LogP contribution >= 0.6 is 0 Å². The highest BCUT2D eigenvalue weighted by Gasteiger charge is 2.32. The van der Waals surface area contributed by atoms with Crippen LogP contribution in [0.1, 0.15) is 46.2 Å². The molecule has 1 N–H and O–H groups in total. The molecule has 0 fully saturated rings. The van der Waals surface area contributed by atoms with Gasteiger partial charge in [-0.2, -0.15) is 0 Å². The average Bonchev–Trinajstić information content (AvgIpc) is 2.47. The lowest BCUT2D eigenvalue weighted by atomic mass is 10.0. The lowest BCUT2D eigenvalue weighted by molar-refractivity contribution is -0.139. The topological polar surface area (TPSA) is 60.5 Å². The van der Waals surface area contributed by atoms with E-state index in [0.29, 0.717) is 31.2 Å². The van der Waals surface area contributed by atoms with Crippen LogP contribution in [0.3, 0.4) is 0 Å². The fourth-order valence-electron chi connectivity index (χ4n) is 1.86. The maximum atomic E-state index is 12.4. The van der Waals surface area contributed by atoms with Gasteiger partial charge in [-0.05, 0) is 39.7 Å². The van der Waals surface area contributed by atoms with Crippen LogP contribution in [0.5, 0.6) is 5.88 Å². The van der Waals surface area contributed by atoms with Gasteiger partial charge in [0, 0.05) is 12.7 Å². The number of amides is 1. The third kappa shape index (κ3) is 4.70. The molecule has 0 saturated heterocycles. The van der Waals surface area contributed by atoms with E-state index in [1.54, 1.807) is 13.0 Å². The number of aryl methyl sites for hydroxylation is 1. The number of carbonyl (C=O) groups is 1. The lowest BCUT2D eigenvalue weighted by Gasteiger charge is -2.27. The third-order valence-electron chi connectivity index (χ3n) is 3.38. The summed E-state index contributed by atoms with van der Waals surface area (Å²) in [5.41, 5.74) is 0.591. The van der Waals surface area contributed by atoms with Gasteiger partial charge in [-0.15, -0.1) is 0 Å². The van der Waals surface area contributed by atoms with Gasteiger partial charge < -0.3 is 14.8 Å². The maximum Gasteiger partial charge on any atom is 0.256 e. The summed E-state index contributed by atoms with van der Waals surface area (Å²) in [4.78, 5) is 16.7. The van der Waals surface area contributed by atoms with E-state index in [9.17, 15) is 4.79 Å². The van der Waals surface area contributed by atoms with Crippen LogP contribution in [0.2, 0.25) is 0 Å². The Bertz CT molecular complexity index is 477. The van der Waals surface area contributed by atoms with E-state index >= 15 is 0 Å². The molecular weight excluding hydrogens is 268 g/mol. The summed E-state index contributed by atoms with van der Waals surface area (Å²) in [6.45, 7) is 10.6. The van der Waals surface area contributed by atoms with Gasteiger partial charge in [0.2, 0.25) is 5.88 Å². The molecule has 1 atom stereocenters. The summed E-state index contributed by atoms with van der Waals surface area (Å²) in [6.07, 6.45) is 1.54. The van der Waals surface area contributed by atoms with Crippen molar-refractivity contribution in [2.45, 2.75) is 53.1 Å². The molecule has 5 nitrogen and oxygen atoms in total. The van der Waals surface area contributed by atoms with Crippen molar-refractivity contribution in [1.29, 1.82) is 0 Å². The van der Waals surface area contributed by atoms with E-state index < -0.39 is 5.60 Å². The number of nitrogens with zero attached hydrogens (tertiary/aromatic N) is 1. The molecule has 0 unspecified atom stereocenters. The van der Waals surface area contributed by atoms with Crippen molar-refractivity contribution in [2.75, 3.05) is 18.5 Å². The van der Waals surface area contributed by atoms with Gasteiger partial charge >= 0.3 is 0 Å². The lowest BCUT2D eigenvalue weighted by Crippen LogP contribution is -2.42. The Balaban J connectivity index is 2.80. The molecule has 0 bridgehead atoms. The number of nitrogens with one attached hydrogen (secondary N) is 1. The summed E-state index contributed by atoms with van der Waals surface area (Å²) in [7, 11) is 0. The number of ether oxygens (including phenoxy) is 2. The third-order valence-corrected chi connectivity index (χ3v) is 3.38. The van der Waals surface area contributed by atoms with E-state index in [0.717, 1.165) is 12.1 Å². The molecule has 0 aliphatic rings. The van der Waals surface area contributed by atoms with Gasteiger partial charge in [0.05, 0.1) is 18.0 Å². The van der Waals surface area contributed by atoms with Crippen LogP contribution in [-0.4, -0.2) is 29.7 Å². The summed E-state index contributed by atoms with van der Waals surface area (Å²) < 4.78 is 11.0. The number of hydrogen-bond donors (Lipinski definition) is 1. The van der Waals surface area contributed by atoms with Crippen LogP contribution < -0.4 is 10.1 Å². The van der Waals surface area contributed by atoms with E-state index in [-0.39, 0.29) is 5.91 Å². The van der Waals surface area contributed by atoms with Crippen LogP contribution in [-0.2, 0) is 9.53 Å². The van der Waals surface area contributed by atoms with E-state index in [2.05, 4.69) is 10.3 Å². The molecule has 5 heteroatoms. The van der Waals surface area contributed by atoms with Crippen molar-refractivity contribution >= 4 is 11.6 Å². The molecule has 1 heterocycles. The summed E-state index contributed by atoms with van der Waals surface area (Å²) in [6, 6.07) is 3.58. The predicted octanol–water partition coefficient (Wildman–Crippen LogP) is 3.32. The molecule has 0 saturated carbocycles. The zero-order valence-electron chi connectivity index (χ0n) is 13.7. The number of aromatic nitrogens is 1. The first-order valence-corrected chi connectivity index (χ1v) is 7.52. The van der Waals surface area contributed by atoms with Crippen LogP contribution in [0, 0.1) is 6.92 Å². The molecule has 0 aliphatic carbocycles. The minimum atomic E-state index is -0.821. The van der Waals surface area contributed by atoms with Gasteiger partial charge in [0.1, 0.15) is 5.60 Å². The quantitative estimate of drug-likeness (QED) is 0.799. The second-order valence-electron chi connectivity index (χ2n) is 5.10. The van der Waals surface area contributed by atoms with E-state index in [1.807, 2.05) is 33.8 Å². The number of pyridine rings is 1. The minimum Gasteiger partial charge on any atom is -0.478 e. The maximum absolute atomic E-state index is 12.4. The molecular formula is C16H26N2O3. The Kier molecular flexibility index (Phi) is 6.62. The highest BCUT2D eigenvalue weighted by atomic mass is 16.5. The van der Waals surface area contributed by atoms with Crippen LogP contribution in [0.25, 0.3) is 0 Å². The Morgan fingerprint density at radius 2 is 2.05 bits per heavy atom. The number of rotatable bonds is 8. The standard InChI is InChI=1S/C16H26N2O3/c1-6-11-20-14-10-9-13(12(4)17-14)18-15(19)16(5,7-2)21-8-3/h9-10H,6-8,11H2,1-5H3,(H,18,19)/t16-/m0/s1. The van der Waals surface area contributed by atoms with Gasteiger partial charge in [0.15, 0.2) is 0 Å². The molecule has 21 heavy (non-hydrogen) atoms. The molecule has 0 spiro atoms. The first-order chi connectivity index (χ1) is 9.96. The van der Waals surface area contributed by atoms with E-state index in [4.69, 9.17) is 9.47 Å². The van der Waals surface area contributed by atoms with Gasteiger partial charge in [-0.3, -0.25) is 4.79 Å². The van der Waals surface area contributed by atoms with Gasteiger partial charge in [0.25, 0.3) is 5.91 Å². The summed E-state index contributed by atoms with van der Waals surface area (Å²) in [5.74, 6) is 0.425. The highest BCUT2D eigenvalue weighted by Crippen LogP contribution is 2.22. The predicted molar refractivity (Wildman–Crippen MR) is 83.7 cm³/mol. The van der Waals surface area contributed by atoms with Crippen molar-refractivity contribution < 1.29 is 14.3 Å². The first-order valence-electron chi connectivity index (χ1n) is 7.52. The molecule has 0 aliphatic heterocycles. The zero-order chi connectivity index (χ0) is 15.9. The van der Waals surface area contributed by atoms with Gasteiger partial charge in [-0.25, -0.2) is 4.98 Å². The van der Waals surface area contributed by atoms with Gasteiger partial charge in [-0.1, -0.05) is 13.8 Å². The van der Waals surface area contributed by atoms with Crippen molar-refractivity contribution in [1.82, 2.24) is 4.98 Å². The average molecular weight is 294 g/mol. The molecule has 118 valence electrons. The zero-order valence-corrected chi connectivity index (χ0v) is 13.7. The first kappa shape index (κ1) is 17.4. The highest BCUT2D eigenvalue weighted by molar-refractivity contribution is 5.97. The van der Waals surface area contributed by atoms with Crippen molar-refractivity contribution in [3.63, 3.8) is 0 Å². The molecule has 0 radical (unpaired) electrons. The molecule has 1 amide bonds. The smallest absolute Gasteiger partial charge is 0.256 e. The second-order valence-corrected chi connectivity index (χ2v) is 5.10. The molecule has 0 aromatic carbocycles. The molecule has 1 aromatic rings. The Morgan fingerprint density at radius 3 is 2.57 bits per heavy atom. The fraction of sp³-hybridized carbons (Fsp3) is 0.625. The SMILES string of the molecule is CCCOc1ccc(NC(=O)[C@](C)(CC)OCC)c(C)n1. The van der Waals surface area contributed by atoms with E-state index in [1.165, 1.54) is 0 Å². The number of carbonyl (C=O) groups excluding carboxylic acids is 1. The largest absolute Gasteiger partial charge is 0.478 e. The van der Waals surface area contributed by atoms with Crippen LogP contribution in [0.15, 0.2) is 12.1 Å². The fourth-order valence-corrected chi connectivity index (χ4v) is 1.86. The summed E-state index contributed by atoms with van der Waals surface area (Å²) >= 11 is 0. The summed E-state index contributed by atoms with van der Waals surface area (Å²) in [5, 5.41) is 2.89. The number of hydrogen-bond acceptors (Lipinski definition) is 4. The minimum absolute atomic E-state index is 0.154. The Labute approximate surface area is 127 Å². The van der Waals surface area contributed by atoms with Crippen molar-refractivity contribution in [3.05, 3.63) is 17.8 Å². The molecule has 1 rings (SSSR count). The van der Waals surface area contributed by atoms with Crippen LogP contribution in [0.4, 0.5) is 5.69 Å². The Hall–Kier alpha value is -1.62. The number of anilines is 1.